The van der Waals surface area contributed by atoms with Crippen LogP contribution in [0.25, 0.3) is 0 Å². The van der Waals surface area contributed by atoms with Crippen LogP contribution in [-0.2, 0) is 19.4 Å². The summed E-state index contributed by atoms with van der Waals surface area (Å²) in [6.45, 7) is 2.20. The maximum Gasteiger partial charge on any atom is 0.326 e. The van der Waals surface area contributed by atoms with Gasteiger partial charge in [-0.05, 0) is 26.0 Å². The van der Waals surface area contributed by atoms with E-state index in [0.717, 1.165) is 10.5 Å². The molecule has 3 amide bonds. The van der Waals surface area contributed by atoms with E-state index in [2.05, 4.69) is 5.32 Å². The lowest BCUT2D eigenvalue weighted by Crippen LogP contribution is -2.67. The molecule has 3 rings (SSSR count). The first-order valence-corrected chi connectivity index (χ1v) is 9.96. The monoisotopic (exact) mass is 398 g/mol. The van der Waals surface area contributed by atoms with Gasteiger partial charge in [0.15, 0.2) is 14.6 Å². The molecule has 0 bridgehead atoms. The van der Waals surface area contributed by atoms with Crippen LogP contribution in [-0.4, -0.2) is 71.8 Å². The van der Waals surface area contributed by atoms with E-state index in [1.54, 1.807) is 12.1 Å². The van der Waals surface area contributed by atoms with Crippen molar-refractivity contribution in [2.45, 2.75) is 48.3 Å². The fourth-order valence-corrected chi connectivity index (χ4v) is 4.88. The lowest BCUT2D eigenvalue weighted by atomic mass is 10.1. The second kappa shape index (κ2) is 6.86. The molecular formula is C17H22N2O7S. The number of carbonyl (C=O) groups excluding carboxylic acids is 2. The highest BCUT2D eigenvalue weighted by Crippen LogP contribution is 2.33. The van der Waals surface area contributed by atoms with Crippen LogP contribution in [0.4, 0.5) is 4.79 Å². The molecule has 1 aromatic rings. The number of sulfone groups is 1. The van der Waals surface area contributed by atoms with Crippen molar-refractivity contribution >= 4 is 21.8 Å². The molecule has 2 heterocycles. The SMILES string of the molecule is Cc1ccc(S(=O)(=O)C2(C)CN([C@H]3C[C@H](O)[C@@H](CO)O3)C(=O)NC2=O)cc1. The zero-order chi connectivity index (χ0) is 20.0. The van der Waals surface area contributed by atoms with Crippen LogP contribution < -0.4 is 5.32 Å². The minimum Gasteiger partial charge on any atom is -0.394 e. The number of urea groups is 1. The van der Waals surface area contributed by atoms with E-state index in [9.17, 15) is 28.2 Å². The summed E-state index contributed by atoms with van der Waals surface area (Å²) in [4.78, 5) is 25.8. The van der Waals surface area contributed by atoms with Gasteiger partial charge in [0.05, 0.1) is 24.2 Å². The lowest BCUT2D eigenvalue weighted by molar-refractivity contribution is -0.127. The van der Waals surface area contributed by atoms with Crippen LogP contribution in [0.15, 0.2) is 29.2 Å². The molecule has 0 aromatic heterocycles. The molecule has 0 saturated carbocycles. The van der Waals surface area contributed by atoms with Crippen molar-refractivity contribution in [3.63, 3.8) is 0 Å². The van der Waals surface area contributed by atoms with Crippen LogP contribution in [0.5, 0.6) is 0 Å². The number of ether oxygens (including phenoxy) is 1. The summed E-state index contributed by atoms with van der Waals surface area (Å²) >= 11 is 0. The number of hydrogen-bond acceptors (Lipinski definition) is 7. The molecule has 2 aliphatic heterocycles. The maximum atomic E-state index is 13.2. The van der Waals surface area contributed by atoms with E-state index in [0.29, 0.717) is 0 Å². The molecule has 2 saturated heterocycles. The van der Waals surface area contributed by atoms with Crippen molar-refractivity contribution in [1.29, 1.82) is 0 Å². The van der Waals surface area contributed by atoms with Gasteiger partial charge in [0.2, 0.25) is 0 Å². The average Bonchev–Trinajstić information content (AvgIpc) is 2.99. The van der Waals surface area contributed by atoms with Crippen LogP contribution in [0.2, 0.25) is 0 Å². The van der Waals surface area contributed by atoms with Gasteiger partial charge < -0.3 is 14.9 Å². The molecule has 2 aliphatic rings. The third-order valence-corrected chi connectivity index (χ3v) is 7.48. The number of rotatable bonds is 4. The second-order valence-electron chi connectivity index (χ2n) is 7.05. The van der Waals surface area contributed by atoms with E-state index in [-0.39, 0.29) is 11.3 Å². The number of nitrogens with zero attached hydrogens (tertiary/aromatic N) is 1. The summed E-state index contributed by atoms with van der Waals surface area (Å²) in [7, 11) is -4.12. The van der Waals surface area contributed by atoms with E-state index < -0.39 is 58.1 Å². The van der Waals surface area contributed by atoms with Crippen LogP contribution in [0.3, 0.4) is 0 Å². The van der Waals surface area contributed by atoms with Crippen LogP contribution >= 0.6 is 0 Å². The van der Waals surface area contributed by atoms with E-state index >= 15 is 0 Å². The van der Waals surface area contributed by atoms with E-state index in [4.69, 9.17) is 4.74 Å². The molecule has 9 nitrogen and oxygen atoms in total. The molecule has 0 radical (unpaired) electrons. The Labute approximate surface area is 156 Å². The normalized spacial score (nSPS) is 31.9. The van der Waals surface area contributed by atoms with E-state index in [1.807, 2.05) is 6.92 Å². The zero-order valence-corrected chi connectivity index (χ0v) is 15.8. The standard InChI is InChI=1S/C17H22N2O7S/c1-10-3-5-11(6-4-10)27(24,25)17(2)9-19(16(23)18-15(17)22)14-7-12(21)13(8-20)26-14/h3-6,12-14,20-21H,7-9H2,1-2H3,(H,18,22,23)/t12-,13+,14+,17?/m0/s1. The molecule has 4 atom stereocenters. The Kier molecular flexibility index (Phi) is 5.02. The largest absolute Gasteiger partial charge is 0.394 e. The molecular weight excluding hydrogens is 376 g/mol. The number of carbonyl (C=O) groups is 2. The van der Waals surface area contributed by atoms with Crippen molar-refractivity contribution in [1.82, 2.24) is 10.2 Å². The summed E-state index contributed by atoms with van der Waals surface area (Å²) in [6.07, 6.45) is -2.81. The van der Waals surface area contributed by atoms with Gasteiger partial charge in [-0.25, -0.2) is 13.2 Å². The lowest BCUT2D eigenvalue weighted by Gasteiger charge is -2.40. The Bertz CT molecular complexity index is 855. The Morgan fingerprint density at radius 3 is 2.48 bits per heavy atom. The van der Waals surface area contributed by atoms with Gasteiger partial charge in [-0.3, -0.25) is 15.0 Å². The number of aryl methyl sites for hydroxylation is 1. The molecule has 3 N–H and O–H groups in total. The number of aliphatic hydroxyl groups excluding tert-OH is 2. The molecule has 1 unspecified atom stereocenters. The minimum absolute atomic E-state index is 0.00744. The van der Waals surface area contributed by atoms with Crippen molar-refractivity contribution in [2.24, 2.45) is 0 Å². The van der Waals surface area contributed by atoms with Gasteiger partial charge >= 0.3 is 6.03 Å². The molecule has 148 valence electrons. The molecule has 0 aliphatic carbocycles. The predicted octanol–water partition coefficient (Wildman–Crippen LogP) is -0.453. The van der Waals surface area contributed by atoms with E-state index in [1.165, 1.54) is 19.1 Å². The van der Waals surface area contributed by atoms with Crippen molar-refractivity contribution < 1.29 is 33.0 Å². The quantitative estimate of drug-likeness (QED) is 0.625. The smallest absolute Gasteiger partial charge is 0.326 e. The van der Waals surface area contributed by atoms with Crippen molar-refractivity contribution in [2.75, 3.05) is 13.2 Å². The predicted molar refractivity (Wildman–Crippen MR) is 93.4 cm³/mol. The second-order valence-corrected chi connectivity index (χ2v) is 9.43. The van der Waals surface area contributed by atoms with Gasteiger partial charge in [0.1, 0.15) is 12.3 Å². The van der Waals surface area contributed by atoms with Crippen molar-refractivity contribution in [3.05, 3.63) is 29.8 Å². The number of hydrogen-bond donors (Lipinski definition) is 3. The maximum absolute atomic E-state index is 13.2. The van der Waals surface area contributed by atoms with Gasteiger partial charge in [0, 0.05) is 6.42 Å². The van der Waals surface area contributed by atoms with Gasteiger partial charge in [-0.15, -0.1) is 0 Å². The number of benzene rings is 1. The summed E-state index contributed by atoms with van der Waals surface area (Å²) in [5.41, 5.74) is 0.868. The first-order valence-electron chi connectivity index (χ1n) is 8.48. The van der Waals surface area contributed by atoms with Crippen LogP contribution in [0, 0.1) is 6.92 Å². The third-order valence-electron chi connectivity index (χ3n) is 5.09. The highest BCUT2D eigenvalue weighted by atomic mass is 32.2. The van der Waals surface area contributed by atoms with Gasteiger partial charge in [0.25, 0.3) is 5.91 Å². The van der Waals surface area contributed by atoms with Gasteiger partial charge in [-0.1, -0.05) is 17.7 Å². The highest BCUT2D eigenvalue weighted by molar-refractivity contribution is 7.93. The summed E-state index contributed by atoms with van der Waals surface area (Å²) in [5, 5.41) is 21.2. The Morgan fingerprint density at radius 2 is 1.93 bits per heavy atom. The topological polar surface area (TPSA) is 133 Å². The number of nitrogens with one attached hydrogen (secondary N) is 1. The molecule has 27 heavy (non-hydrogen) atoms. The average molecular weight is 398 g/mol. The number of imide groups is 1. The first kappa shape index (κ1) is 19.7. The van der Waals surface area contributed by atoms with Crippen molar-refractivity contribution in [3.8, 4) is 0 Å². The zero-order valence-electron chi connectivity index (χ0n) is 15.0. The number of amides is 3. The summed E-state index contributed by atoms with van der Waals surface area (Å²) in [5.74, 6) is -0.915. The van der Waals surface area contributed by atoms with Gasteiger partial charge in [-0.2, -0.15) is 0 Å². The molecule has 2 fully saturated rings. The fourth-order valence-electron chi connectivity index (χ4n) is 3.26. The minimum atomic E-state index is -4.12. The van der Waals surface area contributed by atoms with Crippen LogP contribution in [0.1, 0.15) is 18.9 Å². The first-order chi connectivity index (χ1) is 12.6. The Hall–Kier alpha value is -2.01. The highest BCUT2D eigenvalue weighted by Gasteiger charge is 2.55. The molecule has 0 spiro atoms. The molecule has 10 heteroatoms. The summed E-state index contributed by atoms with van der Waals surface area (Å²) < 4.78 is 29.8. The third kappa shape index (κ3) is 3.22. The summed E-state index contributed by atoms with van der Waals surface area (Å²) in [6, 6.07) is 5.29. The Morgan fingerprint density at radius 1 is 1.30 bits per heavy atom. The fraction of sp³-hybridized carbons (Fsp3) is 0.529. The number of aliphatic hydroxyl groups is 2. The molecule has 1 aromatic carbocycles. The Balaban J connectivity index is 1.93.